The van der Waals surface area contributed by atoms with E-state index in [1.165, 1.54) is 0 Å². The van der Waals surface area contributed by atoms with E-state index in [9.17, 15) is 4.79 Å². The number of aldehydes is 1. The summed E-state index contributed by atoms with van der Waals surface area (Å²) in [7, 11) is 3.41. The summed E-state index contributed by atoms with van der Waals surface area (Å²) in [6, 6.07) is 5.53. The Morgan fingerprint density at radius 1 is 1.47 bits per heavy atom. The summed E-state index contributed by atoms with van der Waals surface area (Å²) in [5.74, 6) is 0.716. The lowest BCUT2D eigenvalue weighted by Crippen LogP contribution is -1.87. The number of hydrogen-bond acceptors (Lipinski definition) is 2. The molecule has 0 spiro atoms. The molecule has 3 nitrogen and oxygen atoms in total. The second-order valence-electron chi connectivity index (χ2n) is 3.26. The zero-order valence-electron chi connectivity index (χ0n) is 8.45. The number of nitrogens with zero attached hydrogens (tertiary/aromatic N) is 1. The number of rotatable bonds is 2. The number of halogens is 1. The minimum atomic E-state index is 0.452. The van der Waals surface area contributed by atoms with Crippen LogP contribution in [-0.4, -0.2) is 18.0 Å². The minimum Gasteiger partial charge on any atom is -0.497 e. The Hall–Kier alpha value is -1.48. The molecule has 78 valence electrons. The van der Waals surface area contributed by atoms with Crippen molar-refractivity contribution in [3.63, 3.8) is 0 Å². The molecule has 0 saturated heterocycles. The average molecular weight is 224 g/mol. The number of carbonyl (C=O) groups excluding carboxylic acids is 1. The van der Waals surface area contributed by atoms with Gasteiger partial charge in [-0.1, -0.05) is 11.6 Å². The fourth-order valence-corrected chi connectivity index (χ4v) is 1.90. The van der Waals surface area contributed by atoms with Gasteiger partial charge in [0.1, 0.15) is 10.9 Å². The first-order valence-electron chi connectivity index (χ1n) is 4.46. The number of ether oxygens (including phenoxy) is 1. The van der Waals surface area contributed by atoms with Gasteiger partial charge >= 0.3 is 0 Å². The number of aromatic nitrogens is 1. The van der Waals surface area contributed by atoms with Crippen molar-refractivity contribution < 1.29 is 9.53 Å². The highest BCUT2D eigenvalue weighted by atomic mass is 35.5. The Morgan fingerprint density at radius 3 is 2.80 bits per heavy atom. The molecule has 0 unspecified atom stereocenters. The first-order chi connectivity index (χ1) is 7.19. The monoisotopic (exact) mass is 223 g/mol. The van der Waals surface area contributed by atoms with Crippen LogP contribution in [0.3, 0.4) is 0 Å². The summed E-state index contributed by atoms with van der Waals surface area (Å²) in [6.07, 6.45) is 0.768. The van der Waals surface area contributed by atoms with E-state index in [0.29, 0.717) is 16.5 Å². The number of carbonyl (C=O) groups is 1. The van der Waals surface area contributed by atoms with Crippen LogP contribution in [0.4, 0.5) is 0 Å². The van der Waals surface area contributed by atoms with Crippen LogP contribution < -0.4 is 4.74 Å². The van der Waals surface area contributed by atoms with Gasteiger partial charge in [-0.05, 0) is 18.2 Å². The Bertz CT molecular complexity index is 531. The number of hydrogen-bond donors (Lipinski definition) is 0. The molecule has 2 aromatic rings. The fourth-order valence-electron chi connectivity index (χ4n) is 1.66. The largest absolute Gasteiger partial charge is 0.497 e. The lowest BCUT2D eigenvalue weighted by atomic mass is 10.2. The predicted octanol–water partition coefficient (Wildman–Crippen LogP) is 2.65. The molecule has 0 bridgehead atoms. The van der Waals surface area contributed by atoms with Crippen molar-refractivity contribution in [2.45, 2.75) is 0 Å². The summed E-state index contributed by atoms with van der Waals surface area (Å²) in [6.45, 7) is 0. The quantitative estimate of drug-likeness (QED) is 0.733. The predicted molar refractivity (Wildman–Crippen MR) is 59.9 cm³/mol. The van der Waals surface area contributed by atoms with Gasteiger partial charge < -0.3 is 9.30 Å². The standard InChI is InChI=1S/C11H10ClNO2/c1-13-10-4-3-7(15-2)5-8(10)9(6-14)11(13)12/h3-6H,1-2H3. The second-order valence-corrected chi connectivity index (χ2v) is 3.62. The van der Waals surface area contributed by atoms with Gasteiger partial charge in [-0.2, -0.15) is 0 Å². The zero-order chi connectivity index (χ0) is 11.0. The Kier molecular flexibility index (Phi) is 2.40. The molecule has 1 aromatic carbocycles. The van der Waals surface area contributed by atoms with Crippen molar-refractivity contribution >= 4 is 28.8 Å². The second kappa shape index (κ2) is 3.59. The molecule has 0 amide bonds. The highest BCUT2D eigenvalue weighted by molar-refractivity contribution is 6.34. The van der Waals surface area contributed by atoms with Crippen molar-refractivity contribution in [3.05, 3.63) is 28.9 Å². The molecule has 0 saturated carbocycles. The first kappa shape index (κ1) is 10.1. The van der Waals surface area contributed by atoms with Crippen LogP contribution in [0, 0.1) is 0 Å². The van der Waals surface area contributed by atoms with Gasteiger partial charge in [0.05, 0.1) is 12.7 Å². The number of fused-ring (bicyclic) bond motifs is 1. The molecular formula is C11H10ClNO2. The number of methoxy groups -OCH3 is 1. The van der Waals surface area contributed by atoms with Crippen molar-refractivity contribution in [1.82, 2.24) is 4.57 Å². The van der Waals surface area contributed by atoms with Crippen LogP contribution in [0.2, 0.25) is 5.15 Å². The maximum absolute atomic E-state index is 10.9. The van der Waals surface area contributed by atoms with E-state index in [2.05, 4.69) is 0 Å². The van der Waals surface area contributed by atoms with Gasteiger partial charge in [0.15, 0.2) is 6.29 Å². The molecule has 0 aliphatic rings. The molecule has 1 heterocycles. The topological polar surface area (TPSA) is 31.2 Å². The zero-order valence-corrected chi connectivity index (χ0v) is 9.21. The molecule has 0 fully saturated rings. The molecular weight excluding hydrogens is 214 g/mol. The van der Waals surface area contributed by atoms with Crippen molar-refractivity contribution in [2.75, 3.05) is 7.11 Å². The fraction of sp³-hybridized carbons (Fsp3) is 0.182. The Labute approximate surface area is 92.2 Å². The lowest BCUT2D eigenvalue weighted by molar-refractivity contribution is 0.112. The molecule has 1 aromatic heterocycles. The van der Waals surface area contributed by atoms with Crippen LogP contribution >= 0.6 is 11.6 Å². The van der Waals surface area contributed by atoms with Crippen molar-refractivity contribution in [3.8, 4) is 5.75 Å². The Morgan fingerprint density at radius 2 is 2.20 bits per heavy atom. The highest BCUT2D eigenvalue weighted by Gasteiger charge is 2.13. The van der Waals surface area contributed by atoms with E-state index in [0.717, 1.165) is 17.2 Å². The van der Waals surface area contributed by atoms with Gasteiger partial charge in [0.2, 0.25) is 0 Å². The molecule has 0 aliphatic heterocycles. The van der Waals surface area contributed by atoms with Crippen LogP contribution in [0.5, 0.6) is 5.75 Å². The third kappa shape index (κ3) is 1.39. The molecule has 0 radical (unpaired) electrons. The minimum absolute atomic E-state index is 0.452. The highest BCUT2D eigenvalue weighted by Crippen LogP contribution is 2.30. The Balaban J connectivity index is 2.85. The summed E-state index contributed by atoms with van der Waals surface area (Å²) in [5.41, 5.74) is 1.43. The number of benzene rings is 1. The molecule has 0 aliphatic carbocycles. The van der Waals surface area contributed by atoms with Crippen LogP contribution in [0.25, 0.3) is 10.9 Å². The van der Waals surface area contributed by atoms with Gasteiger partial charge in [0, 0.05) is 18.0 Å². The van der Waals surface area contributed by atoms with Gasteiger partial charge in [-0.25, -0.2) is 0 Å². The van der Waals surface area contributed by atoms with E-state index in [1.807, 2.05) is 25.2 Å². The maximum Gasteiger partial charge on any atom is 0.153 e. The van der Waals surface area contributed by atoms with Gasteiger partial charge in [-0.3, -0.25) is 4.79 Å². The summed E-state index contributed by atoms with van der Waals surface area (Å²) in [4.78, 5) is 10.9. The van der Waals surface area contributed by atoms with Gasteiger partial charge in [-0.15, -0.1) is 0 Å². The number of aryl methyl sites for hydroxylation is 1. The van der Waals surface area contributed by atoms with Crippen LogP contribution in [0.1, 0.15) is 10.4 Å². The SMILES string of the molecule is COc1ccc2c(c1)c(C=O)c(Cl)n2C. The third-order valence-corrected chi connectivity index (χ3v) is 2.95. The van der Waals surface area contributed by atoms with Gasteiger partial charge in [0.25, 0.3) is 0 Å². The third-order valence-electron chi connectivity index (χ3n) is 2.49. The molecule has 2 rings (SSSR count). The molecule has 0 N–H and O–H groups in total. The van der Waals surface area contributed by atoms with E-state index >= 15 is 0 Å². The van der Waals surface area contributed by atoms with E-state index in [1.54, 1.807) is 11.7 Å². The van der Waals surface area contributed by atoms with E-state index in [4.69, 9.17) is 16.3 Å². The lowest BCUT2D eigenvalue weighted by Gasteiger charge is -2.00. The average Bonchev–Trinajstić information content (AvgIpc) is 2.51. The van der Waals surface area contributed by atoms with E-state index in [-0.39, 0.29) is 0 Å². The van der Waals surface area contributed by atoms with Crippen LogP contribution in [-0.2, 0) is 7.05 Å². The summed E-state index contributed by atoms with van der Waals surface area (Å²) in [5, 5.41) is 1.27. The van der Waals surface area contributed by atoms with Crippen LogP contribution in [0.15, 0.2) is 18.2 Å². The van der Waals surface area contributed by atoms with Crippen molar-refractivity contribution in [2.24, 2.45) is 7.05 Å². The van der Waals surface area contributed by atoms with Crippen molar-refractivity contribution in [1.29, 1.82) is 0 Å². The molecule has 0 atom stereocenters. The first-order valence-corrected chi connectivity index (χ1v) is 4.84. The smallest absolute Gasteiger partial charge is 0.153 e. The van der Waals surface area contributed by atoms with E-state index < -0.39 is 0 Å². The molecule has 4 heteroatoms. The molecule has 15 heavy (non-hydrogen) atoms. The normalized spacial score (nSPS) is 10.6. The maximum atomic E-state index is 10.9. The summed E-state index contributed by atoms with van der Waals surface area (Å²) < 4.78 is 6.88. The summed E-state index contributed by atoms with van der Waals surface area (Å²) >= 11 is 6.02.